The standard InChI is InChI=1S/C17H24N2O4/c1-13(2)18-16(20)12-23-17(21)15-5-3-14(4-6-15)11-19-7-9-22-10-8-19/h3-6,13H,7-12H2,1-2H3,(H,18,20)/p+1. The van der Waals surface area contributed by atoms with Crippen molar-refractivity contribution in [2.24, 2.45) is 0 Å². The van der Waals surface area contributed by atoms with E-state index in [1.807, 2.05) is 26.0 Å². The van der Waals surface area contributed by atoms with Crippen LogP contribution in [0, 0.1) is 0 Å². The van der Waals surface area contributed by atoms with E-state index in [-0.39, 0.29) is 18.6 Å². The Morgan fingerprint density at radius 3 is 2.48 bits per heavy atom. The molecule has 0 bridgehead atoms. The van der Waals surface area contributed by atoms with E-state index < -0.39 is 5.97 Å². The maximum absolute atomic E-state index is 11.9. The largest absolute Gasteiger partial charge is 0.452 e. The number of hydrogen-bond acceptors (Lipinski definition) is 4. The number of rotatable bonds is 6. The van der Waals surface area contributed by atoms with Gasteiger partial charge in [-0.3, -0.25) is 4.79 Å². The molecule has 1 heterocycles. The van der Waals surface area contributed by atoms with E-state index in [4.69, 9.17) is 9.47 Å². The number of quaternary nitrogens is 1. The van der Waals surface area contributed by atoms with Crippen LogP contribution >= 0.6 is 0 Å². The molecule has 2 N–H and O–H groups in total. The molecule has 0 atom stereocenters. The van der Waals surface area contributed by atoms with Crippen molar-refractivity contribution >= 4 is 11.9 Å². The molecule has 0 spiro atoms. The first-order valence-corrected chi connectivity index (χ1v) is 8.01. The number of ether oxygens (including phenoxy) is 2. The molecule has 1 amide bonds. The summed E-state index contributed by atoms with van der Waals surface area (Å²) in [4.78, 5) is 24.9. The highest BCUT2D eigenvalue weighted by molar-refractivity contribution is 5.91. The lowest BCUT2D eigenvalue weighted by atomic mass is 10.1. The zero-order chi connectivity index (χ0) is 16.7. The van der Waals surface area contributed by atoms with Gasteiger partial charge in [-0.15, -0.1) is 0 Å². The Bertz CT molecular complexity index is 522. The third-order valence-electron chi connectivity index (χ3n) is 3.63. The Balaban J connectivity index is 1.81. The van der Waals surface area contributed by atoms with E-state index in [9.17, 15) is 9.59 Å². The van der Waals surface area contributed by atoms with E-state index in [1.165, 1.54) is 10.5 Å². The molecule has 0 radical (unpaired) electrons. The zero-order valence-corrected chi connectivity index (χ0v) is 13.8. The van der Waals surface area contributed by atoms with Gasteiger partial charge in [-0.2, -0.15) is 0 Å². The van der Waals surface area contributed by atoms with E-state index in [2.05, 4.69) is 5.32 Å². The van der Waals surface area contributed by atoms with Crippen LogP contribution in [0.2, 0.25) is 0 Å². The van der Waals surface area contributed by atoms with Crippen LogP contribution in [0.1, 0.15) is 29.8 Å². The van der Waals surface area contributed by atoms with Gasteiger partial charge in [0, 0.05) is 11.6 Å². The van der Waals surface area contributed by atoms with Gasteiger partial charge in [0.2, 0.25) is 0 Å². The summed E-state index contributed by atoms with van der Waals surface area (Å²) in [5.74, 6) is -0.768. The average molecular weight is 321 g/mol. The minimum Gasteiger partial charge on any atom is -0.452 e. The number of benzene rings is 1. The van der Waals surface area contributed by atoms with Gasteiger partial charge in [0.1, 0.15) is 19.6 Å². The molecule has 23 heavy (non-hydrogen) atoms. The number of nitrogens with one attached hydrogen (secondary N) is 2. The molecule has 0 saturated carbocycles. The summed E-state index contributed by atoms with van der Waals surface area (Å²) in [6, 6.07) is 7.40. The van der Waals surface area contributed by atoms with Crippen LogP contribution in [0.25, 0.3) is 0 Å². The van der Waals surface area contributed by atoms with Gasteiger partial charge < -0.3 is 19.7 Å². The lowest BCUT2D eigenvalue weighted by Gasteiger charge is -2.23. The Hall–Kier alpha value is -1.92. The normalized spacial score (nSPS) is 15.4. The molecule has 1 aromatic rings. The number of hydrogen-bond donors (Lipinski definition) is 2. The van der Waals surface area contributed by atoms with E-state index in [0.717, 1.165) is 32.8 Å². The van der Waals surface area contributed by atoms with Gasteiger partial charge in [-0.05, 0) is 26.0 Å². The Kier molecular flexibility index (Phi) is 6.55. The molecule has 0 unspecified atom stereocenters. The van der Waals surface area contributed by atoms with Crippen LogP contribution in [0.4, 0.5) is 0 Å². The van der Waals surface area contributed by atoms with Crippen molar-refractivity contribution in [3.05, 3.63) is 35.4 Å². The second kappa shape index (κ2) is 8.64. The molecule has 1 fully saturated rings. The first-order chi connectivity index (χ1) is 11.0. The smallest absolute Gasteiger partial charge is 0.338 e. The second-order valence-electron chi connectivity index (χ2n) is 6.03. The minimum absolute atomic E-state index is 0.0307. The van der Waals surface area contributed by atoms with E-state index in [1.54, 1.807) is 12.1 Å². The van der Waals surface area contributed by atoms with Crippen molar-refractivity contribution in [2.75, 3.05) is 32.9 Å². The first kappa shape index (κ1) is 17.4. The molecule has 6 heteroatoms. The molecule has 0 aromatic heterocycles. The molecular weight excluding hydrogens is 296 g/mol. The van der Waals surface area contributed by atoms with Crippen LogP contribution in [0.5, 0.6) is 0 Å². The molecule has 6 nitrogen and oxygen atoms in total. The second-order valence-corrected chi connectivity index (χ2v) is 6.03. The predicted octanol–water partition coefficient (Wildman–Crippen LogP) is -0.217. The van der Waals surface area contributed by atoms with Crippen molar-refractivity contribution in [2.45, 2.75) is 26.4 Å². The maximum atomic E-state index is 11.9. The highest BCUT2D eigenvalue weighted by Crippen LogP contribution is 2.05. The number of esters is 1. The molecular formula is C17H25N2O4+. The van der Waals surface area contributed by atoms with Crippen LogP contribution in [0.15, 0.2) is 24.3 Å². The van der Waals surface area contributed by atoms with Gasteiger partial charge in [-0.1, -0.05) is 12.1 Å². The summed E-state index contributed by atoms with van der Waals surface area (Å²) in [6.07, 6.45) is 0. The molecule has 1 aromatic carbocycles. The number of carbonyl (C=O) groups is 2. The predicted molar refractivity (Wildman–Crippen MR) is 85.2 cm³/mol. The Morgan fingerprint density at radius 1 is 1.22 bits per heavy atom. The Morgan fingerprint density at radius 2 is 1.87 bits per heavy atom. The van der Waals surface area contributed by atoms with Gasteiger partial charge >= 0.3 is 5.97 Å². The quantitative estimate of drug-likeness (QED) is 0.711. The van der Waals surface area contributed by atoms with Gasteiger partial charge in [0.15, 0.2) is 6.61 Å². The lowest BCUT2D eigenvalue weighted by Crippen LogP contribution is -3.12. The van der Waals surface area contributed by atoms with Crippen LogP contribution in [-0.2, 0) is 20.8 Å². The van der Waals surface area contributed by atoms with E-state index >= 15 is 0 Å². The topological polar surface area (TPSA) is 69.1 Å². The van der Waals surface area contributed by atoms with Crippen molar-refractivity contribution < 1.29 is 24.0 Å². The molecule has 0 aliphatic carbocycles. The van der Waals surface area contributed by atoms with E-state index in [0.29, 0.717) is 5.56 Å². The van der Waals surface area contributed by atoms with Gasteiger partial charge in [-0.25, -0.2) is 4.79 Å². The zero-order valence-electron chi connectivity index (χ0n) is 13.8. The SMILES string of the molecule is CC(C)NC(=O)COC(=O)c1ccc(C[NH+]2CCOCC2)cc1. The van der Waals surface area contributed by atoms with Crippen molar-refractivity contribution in [1.29, 1.82) is 0 Å². The van der Waals surface area contributed by atoms with Crippen LogP contribution < -0.4 is 10.2 Å². The molecule has 2 rings (SSSR count). The Labute approximate surface area is 136 Å². The first-order valence-electron chi connectivity index (χ1n) is 8.01. The monoisotopic (exact) mass is 321 g/mol. The van der Waals surface area contributed by atoms with Crippen LogP contribution in [-0.4, -0.2) is 50.8 Å². The third kappa shape index (κ3) is 6.00. The van der Waals surface area contributed by atoms with Gasteiger partial charge in [0.25, 0.3) is 5.91 Å². The summed E-state index contributed by atoms with van der Waals surface area (Å²) in [5.41, 5.74) is 1.64. The summed E-state index contributed by atoms with van der Waals surface area (Å²) < 4.78 is 10.4. The fourth-order valence-corrected chi connectivity index (χ4v) is 2.46. The molecule has 1 aliphatic heterocycles. The maximum Gasteiger partial charge on any atom is 0.338 e. The fourth-order valence-electron chi connectivity index (χ4n) is 2.46. The summed E-state index contributed by atoms with van der Waals surface area (Å²) >= 11 is 0. The molecule has 126 valence electrons. The molecule has 1 aliphatic rings. The number of carbonyl (C=O) groups excluding carboxylic acids is 2. The van der Waals surface area contributed by atoms with Crippen molar-refractivity contribution in [3.63, 3.8) is 0 Å². The minimum atomic E-state index is -0.478. The summed E-state index contributed by atoms with van der Waals surface area (Å²) in [6.45, 7) is 8.01. The highest BCUT2D eigenvalue weighted by atomic mass is 16.5. The highest BCUT2D eigenvalue weighted by Gasteiger charge is 2.15. The summed E-state index contributed by atoms with van der Waals surface area (Å²) in [5, 5.41) is 2.68. The average Bonchev–Trinajstić information content (AvgIpc) is 2.54. The number of amides is 1. The third-order valence-corrected chi connectivity index (χ3v) is 3.63. The lowest BCUT2D eigenvalue weighted by molar-refractivity contribution is -0.921. The molecule has 1 saturated heterocycles. The van der Waals surface area contributed by atoms with Crippen molar-refractivity contribution in [1.82, 2.24) is 5.32 Å². The van der Waals surface area contributed by atoms with Crippen molar-refractivity contribution in [3.8, 4) is 0 Å². The number of morpholine rings is 1. The fraction of sp³-hybridized carbons (Fsp3) is 0.529. The van der Waals surface area contributed by atoms with Gasteiger partial charge in [0.05, 0.1) is 18.8 Å². The van der Waals surface area contributed by atoms with Crippen LogP contribution in [0.3, 0.4) is 0 Å². The summed E-state index contributed by atoms with van der Waals surface area (Å²) in [7, 11) is 0.